The Kier molecular flexibility index (Phi) is 4.62. The molecular weight excluding hydrogens is 428 g/mol. The van der Waals surface area contributed by atoms with Gasteiger partial charge in [0.2, 0.25) is 10.0 Å². The minimum atomic E-state index is -3.55. The van der Waals surface area contributed by atoms with Crippen molar-refractivity contribution in [2.45, 2.75) is 36.8 Å². The molecule has 0 saturated carbocycles. The van der Waals surface area contributed by atoms with Crippen molar-refractivity contribution in [1.82, 2.24) is 19.2 Å². The number of halogens is 1. The van der Waals surface area contributed by atoms with E-state index in [1.165, 1.54) is 10.5 Å². The Balaban J connectivity index is 1.39. The number of benzene rings is 1. The third-order valence-electron chi connectivity index (χ3n) is 6.07. The zero-order chi connectivity index (χ0) is 21.1. The van der Waals surface area contributed by atoms with Crippen molar-refractivity contribution in [3.8, 4) is 0 Å². The number of morpholine rings is 1. The van der Waals surface area contributed by atoms with Crippen molar-refractivity contribution in [3.63, 3.8) is 0 Å². The van der Waals surface area contributed by atoms with Crippen LogP contribution in [0.2, 0.25) is 5.02 Å². The third-order valence-corrected chi connectivity index (χ3v) is 8.64. The zero-order valence-electron chi connectivity index (χ0n) is 16.4. The zero-order valence-corrected chi connectivity index (χ0v) is 17.9. The highest BCUT2D eigenvalue weighted by atomic mass is 35.5. The van der Waals surface area contributed by atoms with Gasteiger partial charge in [-0.25, -0.2) is 13.4 Å². The predicted molar refractivity (Wildman–Crippen MR) is 109 cm³/mol. The van der Waals surface area contributed by atoms with Gasteiger partial charge in [-0.1, -0.05) is 23.7 Å². The number of rotatable bonds is 3. The van der Waals surface area contributed by atoms with E-state index in [1.807, 2.05) is 12.1 Å². The number of sulfonamides is 1. The number of hydrogen-bond donors (Lipinski definition) is 0. The minimum absolute atomic E-state index is 0.221. The van der Waals surface area contributed by atoms with Gasteiger partial charge in [0.25, 0.3) is 5.91 Å². The van der Waals surface area contributed by atoms with Crippen LogP contribution in [0.25, 0.3) is 0 Å². The number of amides is 1. The highest BCUT2D eigenvalue weighted by Crippen LogP contribution is 2.47. The summed E-state index contributed by atoms with van der Waals surface area (Å²) in [7, 11) is -3.55. The maximum atomic E-state index is 13.3. The molecule has 2 bridgehead atoms. The van der Waals surface area contributed by atoms with Crippen LogP contribution in [-0.2, 0) is 21.3 Å². The van der Waals surface area contributed by atoms with E-state index >= 15 is 0 Å². The molecule has 3 aliphatic heterocycles. The van der Waals surface area contributed by atoms with Crippen LogP contribution in [0.5, 0.6) is 0 Å². The van der Waals surface area contributed by atoms with E-state index in [4.69, 9.17) is 16.3 Å². The van der Waals surface area contributed by atoms with Crippen LogP contribution in [-0.4, -0.2) is 70.1 Å². The number of hydrogen-bond acceptors (Lipinski definition) is 6. The summed E-state index contributed by atoms with van der Waals surface area (Å²) < 4.78 is 34.2. The van der Waals surface area contributed by atoms with Crippen molar-refractivity contribution >= 4 is 27.5 Å². The molecule has 3 atom stereocenters. The normalized spacial score (nSPS) is 29.7. The van der Waals surface area contributed by atoms with Crippen molar-refractivity contribution < 1.29 is 17.9 Å². The van der Waals surface area contributed by atoms with Gasteiger partial charge in [-0.2, -0.15) is 4.31 Å². The van der Waals surface area contributed by atoms with Crippen molar-refractivity contribution in [1.29, 1.82) is 0 Å². The summed E-state index contributed by atoms with van der Waals surface area (Å²) in [5.74, 6) is -0.246. The van der Waals surface area contributed by atoms with Crippen molar-refractivity contribution in [2.75, 3.05) is 19.6 Å². The monoisotopic (exact) mass is 448 g/mol. The lowest BCUT2D eigenvalue weighted by Crippen LogP contribution is -2.56. The third kappa shape index (κ3) is 3.20. The molecule has 3 saturated heterocycles. The summed E-state index contributed by atoms with van der Waals surface area (Å²) in [5, 5.41) is -0.0468. The van der Waals surface area contributed by atoms with E-state index in [1.54, 1.807) is 30.2 Å². The number of carbonyl (C=O) groups excluding carboxylic acids is 1. The Morgan fingerprint density at radius 3 is 2.70 bits per heavy atom. The molecule has 158 valence electrons. The summed E-state index contributed by atoms with van der Waals surface area (Å²) in [6.45, 7) is 2.86. The molecule has 0 radical (unpaired) electrons. The second-order valence-corrected chi connectivity index (χ2v) is 10.7. The lowest BCUT2D eigenvalue weighted by Gasteiger charge is -2.39. The van der Waals surface area contributed by atoms with Crippen molar-refractivity contribution in [2.24, 2.45) is 0 Å². The maximum absolute atomic E-state index is 13.3. The Hall–Kier alpha value is -2.07. The second kappa shape index (κ2) is 6.98. The molecule has 1 spiro atoms. The molecule has 10 heteroatoms. The molecule has 0 unspecified atom stereocenters. The van der Waals surface area contributed by atoms with E-state index in [9.17, 15) is 13.2 Å². The van der Waals surface area contributed by atoms with Crippen molar-refractivity contribution in [3.05, 3.63) is 58.6 Å². The number of ether oxygens (including phenoxy) is 1. The SMILES string of the molecule is Cc1cnc(C(=O)N2C[C@H]3C[C@H]4[C@](C2)(CN(Cc2ccc(Cl)cc2)S4(=O)=O)O3)cn1. The molecule has 2 aromatic rings. The fourth-order valence-electron chi connectivity index (χ4n) is 4.70. The lowest BCUT2D eigenvalue weighted by atomic mass is 9.99. The van der Waals surface area contributed by atoms with E-state index < -0.39 is 20.9 Å². The van der Waals surface area contributed by atoms with Crippen LogP contribution in [0.1, 0.15) is 28.2 Å². The topological polar surface area (TPSA) is 92.7 Å². The Labute approximate surface area is 179 Å². The lowest BCUT2D eigenvalue weighted by molar-refractivity contribution is -0.0981. The molecule has 1 aromatic heterocycles. The summed E-state index contributed by atoms with van der Waals surface area (Å²) in [4.78, 5) is 23.0. The molecule has 0 aliphatic carbocycles. The van der Waals surface area contributed by atoms with Gasteiger partial charge in [-0.05, 0) is 31.0 Å². The highest BCUT2D eigenvalue weighted by Gasteiger charge is 2.65. The summed E-state index contributed by atoms with van der Waals surface area (Å²) in [6, 6.07) is 7.13. The second-order valence-electron chi connectivity index (χ2n) is 8.20. The van der Waals surface area contributed by atoms with Gasteiger partial charge in [0, 0.05) is 30.9 Å². The molecule has 1 aromatic carbocycles. The van der Waals surface area contributed by atoms with Gasteiger partial charge in [-0.15, -0.1) is 0 Å². The fourth-order valence-corrected chi connectivity index (χ4v) is 7.12. The number of likely N-dealkylation sites (tertiary alicyclic amines) is 1. The Morgan fingerprint density at radius 2 is 2.00 bits per heavy atom. The average Bonchev–Trinajstić information content (AvgIpc) is 3.08. The molecule has 0 N–H and O–H groups in total. The van der Waals surface area contributed by atoms with E-state index in [0.717, 1.165) is 11.3 Å². The average molecular weight is 449 g/mol. The highest BCUT2D eigenvalue weighted by molar-refractivity contribution is 7.90. The van der Waals surface area contributed by atoms with E-state index in [0.29, 0.717) is 18.0 Å². The summed E-state index contributed by atoms with van der Waals surface area (Å²) >= 11 is 5.94. The number of nitrogens with zero attached hydrogens (tertiary/aromatic N) is 4. The largest absolute Gasteiger partial charge is 0.365 e. The van der Waals surface area contributed by atoms with Gasteiger partial charge in [0.05, 0.1) is 24.5 Å². The van der Waals surface area contributed by atoms with Crippen LogP contribution < -0.4 is 0 Å². The van der Waals surface area contributed by atoms with Crippen LogP contribution in [0.4, 0.5) is 0 Å². The molecule has 30 heavy (non-hydrogen) atoms. The van der Waals surface area contributed by atoms with Crippen LogP contribution in [0, 0.1) is 6.92 Å². The van der Waals surface area contributed by atoms with Gasteiger partial charge < -0.3 is 9.64 Å². The van der Waals surface area contributed by atoms with Gasteiger partial charge >= 0.3 is 0 Å². The minimum Gasteiger partial charge on any atom is -0.365 e. The summed E-state index contributed by atoms with van der Waals surface area (Å²) in [5.41, 5.74) is 0.928. The number of carbonyl (C=O) groups is 1. The van der Waals surface area contributed by atoms with Crippen LogP contribution in [0.15, 0.2) is 36.7 Å². The van der Waals surface area contributed by atoms with Gasteiger partial charge in [-0.3, -0.25) is 9.78 Å². The smallest absolute Gasteiger partial charge is 0.274 e. The van der Waals surface area contributed by atoms with Crippen LogP contribution in [0.3, 0.4) is 0 Å². The van der Waals surface area contributed by atoms with E-state index in [-0.39, 0.29) is 37.3 Å². The van der Waals surface area contributed by atoms with Gasteiger partial charge in [0.1, 0.15) is 16.5 Å². The first-order valence-electron chi connectivity index (χ1n) is 9.76. The Morgan fingerprint density at radius 1 is 1.23 bits per heavy atom. The molecule has 5 rings (SSSR count). The fraction of sp³-hybridized carbons (Fsp3) is 0.450. The first-order chi connectivity index (χ1) is 14.3. The van der Waals surface area contributed by atoms with Crippen LogP contribution >= 0.6 is 11.6 Å². The summed E-state index contributed by atoms with van der Waals surface area (Å²) in [6.07, 6.45) is 3.11. The first-order valence-corrected chi connectivity index (χ1v) is 11.6. The Bertz CT molecular complexity index is 1090. The maximum Gasteiger partial charge on any atom is 0.274 e. The number of fused-ring (bicyclic) bond motifs is 1. The standard InChI is InChI=1S/C20H21ClN4O4S/c1-13-7-23-17(8-22-13)19(26)24-10-16-6-18-20(11-24,29-16)12-25(30(18,27)28)9-14-2-4-15(21)5-3-14/h2-5,7-8,16,18H,6,9-12H2,1H3/t16-,18+,20+/m1/s1. The van der Waals surface area contributed by atoms with Gasteiger partial charge in [0.15, 0.2) is 0 Å². The molecule has 3 fully saturated rings. The first kappa shape index (κ1) is 19.9. The molecule has 3 aliphatic rings. The number of aryl methyl sites for hydroxylation is 1. The molecular formula is C20H21ClN4O4S. The quantitative estimate of drug-likeness (QED) is 0.708. The molecule has 4 heterocycles. The van der Waals surface area contributed by atoms with E-state index in [2.05, 4.69) is 9.97 Å². The molecule has 8 nitrogen and oxygen atoms in total. The number of aromatic nitrogens is 2. The predicted octanol–water partition coefficient (Wildman–Crippen LogP) is 1.64. The molecule has 1 amide bonds.